The van der Waals surface area contributed by atoms with Crippen LogP contribution in [-0.2, 0) is 16.6 Å². The number of imidazole rings is 1. The van der Waals surface area contributed by atoms with E-state index in [0.29, 0.717) is 5.52 Å². The number of H-pyrrole nitrogens is 1. The van der Waals surface area contributed by atoms with Crippen molar-refractivity contribution in [2.75, 3.05) is 0 Å². The number of hydrogen-bond donors (Lipinski definition) is 2. The lowest BCUT2D eigenvalue weighted by Gasteiger charge is -2.06. The molecular weight excluding hydrogens is 276 g/mol. The number of aromatic amines is 1. The number of hydrogen-bond acceptors (Lipinski definition) is 4. The molecule has 0 bridgehead atoms. The van der Waals surface area contributed by atoms with E-state index < -0.39 is 10.0 Å². The second-order valence-corrected chi connectivity index (χ2v) is 6.03. The van der Waals surface area contributed by atoms with Gasteiger partial charge in [-0.25, -0.2) is 18.1 Å². The van der Waals surface area contributed by atoms with Gasteiger partial charge in [0.1, 0.15) is 0 Å². The number of benzene rings is 1. The van der Waals surface area contributed by atoms with Crippen LogP contribution in [0.1, 0.15) is 5.56 Å². The van der Waals surface area contributed by atoms with Crippen molar-refractivity contribution in [3.8, 4) is 0 Å². The largest absolute Gasteiger partial charge is 0.345 e. The van der Waals surface area contributed by atoms with E-state index >= 15 is 0 Å². The third kappa shape index (κ3) is 2.54. The average molecular weight is 288 g/mol. The van der Waals surface area contributed by atoms with E-state index in [9.17, 15) is 8.42 Å². The monoisotopic (exact) mass is 288 g/mol. The zero-order chi connectivity index (χ0) is 14.0. The third-order valence-electron chi connectivity index (χ3n) is 2.92. The highest BCUT2D eigenvalue weighted by Gasteiger charge is 2.14. The zero-order valence-corrected chi connectivity index (χ0v) is 11.3. The highest BCUT2D eigenvalue weighted by atomic mass is 32.2. The Morgan fingerprint density at radius 2 is 1.95 bits per heavy atom. The normalized spacial score (nSPS) is 11.8. The molecule has 0 atom stereocenters. The zero-order valence-electron chi connectivity index (χ0n) is 10.4. The standard InChI is InChI=1S/C13H12N4O2S/c18-20(19,17-8-10-3-5-14-6-4-10)11-1-2-12-13(7-11)16-9-15-12/h1-7,9,17H,8H2,(H,15,16). The smallest absolute Gasteiger partial charge is 0.240 e. The van der Waals surface area contributed by atoms with Crippen molar-refractivity contribution in [3.05, 3.63) is 54.6 Å². The highest BCUT2D eigenvalue weighted by molar-refractivity contribution is 7.89. The molecule has 0 aliphatic carbocycles. The summed E-state index contributed by atoms with van der Waals surface area (Å²) >= 11 is 0. The van der Waals surface area contributed by atoms with Gasteiger partial charge in [-0.15, -0.1) is 0 Å². The van der Waals surface area contributed by atoms with Crippen LogP contribution in [0.15, 0.2) is 53.9 Å². The van der Waals surface area contributed by atoms with Crippen LogP contribution in [0.5, 0.6) is 0 Å². The lowest BCUT2D eigenvalue weighted by atomic mass is 10.3. The number of nitrogens with zero attached hydrogens (tertiary/aromatic N) is 2. The van der Waals surface area contributed by atoms with E-state index in [0.717, 1.165) is 11.1 Å². The van der Waals surface area contributed by atoms with Crippen LogP contribution in [0.25, 0.3) is 11.0 Å². The fraction of sp³-hybridized carbons (Fsp3) is 0.0769. The second kappa shape index (κ2) is 5.03. The van der Waals surface area contributed by atoms with Crippen LogP contribution in [-0.4, -0.2) is 23.4 Å². The lowest BCUT2D eigenvalue weighted by molar-refractivity contribution is 0.581. The molecule has 2 aromatic heterocycles. The summed E-state index contributed by atoms with van der Waals surface area (Å²) in [5.74, 6) is 0. The minimum atomic E-state index is -3.55. The predicted molar refractivity (Wildman–Crippen MR) is 74.4 cm³/mol. The van der Waals surface area contributed by atoms with Crippen molar-refractivity contribution < 1.29 is 8.42 Å². The van der Waals surface area contributed by atoms with Crippen LogP contribution < -0.4 is 4.72 Å². The first kappa shape index (κ1) is 12.8. The van der Waals surface area contributed by atoms with Gasteiger partial charge in [0.2, 0.25) is 10.0 Å². The Kier molecular flexibility index (Phi) is 3.21. The van der Waals surface area contributed by atoms with Crippen LogP contribution in [0.2, 0.25) is 0 Å². The molecule has 0 saturated heterocycles. The molecule has 0 amide bonds. The molecule has 2 heterocycles. The predicted octanol–water partition coefficient (Wildman–Crippen LogP) is 1.44. The topological polar surface area (TPSA) is 87.7 Å². The molecule has 0 aliphatic heterocycles. The van der Waals surface area contributed by atoms with Crippen LogP contribution in [0.4, 0.5) is 0 Å². The van der Waals surface area contributed by atoms with Gasteiger partial charge in [0.05, 0.1) is 22.3 Å². The first-order valence-electron chi connectivity index (χ1n) is 5.97. The Morgan fingerprint density at radius 3 is 2.75 bits per heavy atom. The van der Waals surface area contributed by atoms with E-state index in [1.165, 1.54) is 12.4 Å². The maximum atomic E-state index is 12.2. The highest BCUT2D eigenvalue weighted by Crippen LogP contribution is 2.16. The summed E-state index contributed by atoms with van der Waals surface area (Å²) in [6.07, 6.45) is 4.78. The van der Waals surface area contributed by atoms with Gasteiger partial charge >= 0.3 is 0 Å². The van der Waals surface area contributed by atoms with Crippen molar-refractivity contribution >= 4 is 21.1 Å². The van der Waals surface area contributed by atoms with Gasteiger partial charge in [-0.2, -0.15) is 0 Å². The van der Waals surface area contributed by atoms with Gasteiger partial charge in [-0.3, -0.25) is 4.98 Å². The van der Waals surface area contributed by atoms with Gasteiger partial charge in [0.15, 0.2) is 0 Å². The summed E-state index contributed by atoms with van der Waals surface area (Å²) in [4.78, 5) is 11.1. The summed E-state index contributed by atoms with van der Waals surface area (Å²) in [7, 11) is -3.55. The Morgan fingerprint density at radius 1 is 1.15 bits per heavy atom. The molecule has 0 fully saturated rings. The molecular formula is C13H12N4O2S. The number of sulfonamides is 1. The Hall–Kier alpha value is -2.25. The molecule has 0 unspecified atom stereocenters. The van der Waals surface area contributed by atoms with Crippen molar-refractivity contribution in [2.24, 2.45) is 0 Å². The van der Waals surface area contributed by atoms with Crippen molar-refractivity contribution in [3.63, 3.8) is 0 Å². The van der Waals surface area contributed by atoms with Gasteiger partial charge < -0.3 is 4.98 Å². The molecule has 0 aliphatic rings. The molecule has 102 valence electrons. The van der Waals surface area contributed by atoms with Crippen LogP contribution in [0.3, 0.4) is 0 Å². The van der Waals surface area contributed by atoms with E-state index in [4.69, 9.17) is 0 Å². The number of fused-ring (bicyclic) bond motifs is 1. The SMILES string of the molecule is O=S(=O)(NCc1ccncc1)c1ccc2nc[nH]c2c1. The second-order valence-electron chi connectivity index (χ2n) is 4.26. The maximum absolute atomic E-state index is 12.2. The molecule has 3 rings (SSSR count). The van der Waals surface area contributed by atoms with Crippen molar-refractivity contribution in [1.29, 1.82) is 0 Å². The number of rotatable bonds is 4. The molecule has 2 N–H and O–H groups in total. The van der Waals surface area contributed by atoms with Gasteiger partial charge in [-0.05, 0) is 35.9 Å². The molecule has 20 heavy (non-hydrogen) atoms. The molecule has 7 heteroatoms. The molecule has 0 spiro atoms. The van der Waals surface area contributed by atoms with Crippen LogP contribution in [0, 0.1) is 0 Å². The molecule has 0 saturated carbocycles. The average Bonchev–Trinajstić information content (AvgIpc) is 2.94. The van der Waals surface area contributed by atoms with E-state index in [1.54, 1.807) is 36.7 Å². The Bertz CT molecular complexity index is 828. The Balaban J connectivity index is 1.84. The molecule has 3 aromatic rings. The van der Waals surface area contributed by atoms with Crippen LogP contribution >= 0.6 is 0 Å². The first-order chi connectivity index (χ1) is 9.65. The Labute approximate surface area is 115 Å². The first-order valence-corrected chi connectivity index (χ1v) is 7.45. The minimum Gasteiger partial charge on any atom is -0.345 e. The molecule has 6 nitrogen and oxygen atoms in total. The summed E-state index contributed by atoms with van der Waals surface area (Å²) in [6, 6.07) is 8.31. The fourth-order valence-corrected chi connectivity index (χ4v) is 2.89. The summed E-state index contributed by atoms with van der Waals surface area (Å²) < 4.78 is 27.0. The van der Waals surface area contributed by atoms with E-state index in [2.05, 4.69) is 19.7 Å². The number of pyridine rings is 1. The van der Waals surface area contributed by atoms with Gasteiger partial charge in [0.25, 0.3) is 0 Å². The van der Waals surface area contributed by atoms with Gasteiger partial charge in [-0.1, -0.05) is 0 Å². The lowest BCUT2D eigenvalue weighted by Crippen LogP contribution is -2.23. The summed E-state index contributed by atoms with van der Waals surface area (Å²) in [5, 5.41) is 0. The van der Waals surface area contributed by atoms with E-state index in [1.807, 2.05) is 0 Å². The van der Waals surface area contributed by atoms with Gasteiger partial charge in [0, 0.05) is 18.9 Å². The summed E-state index contributed by atoms with van der Waals surface area (Å²) in [5.41, 5.74) is 2.28. The van der Waals surface area contributed by atoms with Crippen molar-refractivity contribution in [2.45, 2.75) is 11.4 Å². The fourth-order valence-electron chi connectivity index (χ4n) is 1.84. The molecule has 0 radical (unpaired) electrons. The van der Waals surface area contributed by atoms with Crippen molar-refractivity contribution in [1.82, 2.24) is 19.7 Å². The molecule has 1 aromatic carbocycles. The maximum Gasteiger partial charge on any atom is 0.240 e. The minimum absolute atomic E-state index is 0.211. The number of aromatic nitrogens is 3. The number of nitrogens with one attached hydrogen (secondary N) is 2. The van der Waals surface area contributed by atoms with E-state index in [-0.39, 0.29) is 11.4 Å². The quantitative estimate of drug-likeness (QED) is 0.760. The third-order valence-corrected chi connectivity index (χ3v) is 4.32. The summed E-state index contributed by atoms with van der Waals surface area (Å²) in [6.45, 7) is 0.228.